The molecule has 1 heterocycles. The van der Waals surface area contributed by atoms with E-state index in [0.717, 1.165) is 11.4 Å². The van der Waals surface area contributed by atoms with Crippen LogP contribution in [-0.4, -0.2) is 0 Å². The Morgan fingerprint density at radius 3 is 1.54 bits per heavy atom. The second kappa shape index (κ2) is 10.5. The van der Waals surface area contributed by atoms with Crippen molar-refractivity contribution in [3.8, 4) is 0 Å². The van der Waals surface area contributed by atoms with Crippen molar-refractivity contribution in [3.05, 3.63) is 176 Å². The fourth-order valence-corrected chi connectivity index (χ4v) is 10.2. The summed E-state index contributed by atoms with van der Waals surface area (Å²) in [7, 11) is 0. The minimum Gasteiger partial charge on any atom is -0.310 e. The maximum Gasteiger partial charge on any atom is 0.0540 e. The molecule has 0 radical (unpaired) electrons. The summed E-state index contributed by atoms with van der Waals surface area (Å²) in [5, 5.41) is 20.6. The van der Waals surface area contributed by atoms with Gasteiger partial charge in [0.2, 0.25) is 0 Å². The third-order valence-electron chi connectivity index (χ3n) is 11.3. The number of benzene rings is 10. The molecule has 11 aromatic carbocycles. The molecule has 52 heavy (non-hydrogen) atoms. The Morgan fingerprint density at radius 2 is 0.808 bits per heavy atom. The highest BCUT2D eigenvalue weighted by molar-refractivity contribution is 7.25. The topological polar surface area (TPSA) is 3.24 Å². The third kappa shape index (κ3) is 3.87. The standard InChI is InChI=1S/C50H29NS/c1-2-14-37-30(9-1)10-8-19-44(37)51(35-25-26-39-38-15-3-4-20-45(38)52-46(39)29-35)36-27-34-24-23-33-12-6-17-41-40-16-5-11-31-21-22-32-13-7-18-42(49(32)47(31)40)43(28-36)50(34)48(33)41/h1-29H. The lowest BCUT2D eigenvalue weighted by molar-refractivity contribution is 1.31. The molecule has 12 rings (SSSR count). The Bertz CT molecular complexity index is 3410. The zero-order valence-corrected chi connectivity index (χ0v) is 28.9. The Balaban J connectivity index is 1.27. The van der Waals surface area contributed by atoms with Crippen LogP contribution in [0.3, 0.4) is 0 Å². The van der Waals surface area contributed by atoms with Crippen LogP contribution >= 0.6 is 11.3 Å². The molecule has 0 spiro atoms. The number of anilines is 3. The zero-order valence-electron chi connectivity index (χ0n) is 28.1. The van der Waals surface area contributed by atoms with E-state index in [1.165, 1.54) is 101 Å². The van der Waals surface area contributed by atoms with Crippen molar-refractivity contribution in [1.82, 2.24) is 0 Å². The van der Waals surface area contributed by atoms with Crippen LogP contribution in [0, 0.1) is 0 Å². The van der Waals surface area contributed by atoms with Gasteiger partial charge in [-0.1, -0.05) is 140 Å². The molecule has 12 aromatic rings. The van der Waals surface area contributed by atoms with Crippen molar-refractivity contribution >= 4 is 124 Å². The number of rotatable bonds is 3. The summed E-state index contributed by atoms with van der Waals surface area (Å²) < 4.78 is 2.61. The number of hydrogen-bond donors (Lipinski definition) is 0. The third-order valence-corrected chi connectivity index (χ3v) is 12.4. The van der Waals surface area contributed by atoms with E-state index < -0.39 is 0 Å². The average molecular weight is 676 g/mol. The lowest BCUT2D eigenvalue weighted by Crippen LogP contribution is -2.10. The molecule has 0 amide bonds. The van der Waals surface area contributed by atoms with Crippen molar-refractivity contribution in [1.29, 1.82) is 0 Å². The molecule has 0 bridgehead atoms. The van der Waals surface area contributed by atoms with Crippen molar-refractivity contribution < 1.29 is 0 Å². The summed E-state index contributed by atoms with van der Waals surface area (Å²) >= 11 is 1.87. The van der Waals surface area contributed by atoms with Crippen molar-refractivity contribution in [3.63, 3.8) is 0 Å². The summed E-state index contributed by atoms with van der Waals surface area (Å²) in [5.74, 6) is 0. The fraction of sp³-hybridized carbons (Fsp3) is 0. The van der Waals surface area contributed by atoms with Crippen LogP contribution in [0.4, 0.5) is 17.1 Å². The Hall–Kier alpha value is -6.48. The first-order chi connectivity index (χ1) is 25.8. The van der Waals surface area contributed by atoms with Crippen LogP contribution in [0.15, 0.2) is 176 Å². The largest absolute Gasteiger partial charge is 0.310 e. The summed E-state index contributed by atoms with van der Waals surface area (Å²) in [5.41, 5.74) is 3.47. The second-order valence-corrected chi connectivity index (χ2v) is 15.1. The van der Waals surface area contributed by atoms with Crippen molar-refractivity contribution in [2.45, 2.75) is 0 Å². The van der Waals surface area contributed by atoms with E-state index in [9.17, 15) is 0 Å². The van der Waals surface area contributed by atoms with Gasteiger partial charge in [0.25, 0.3) is 0 Å². The summed E-state index contributed by atoms with van der Waals surface area (Å²) in [6, 6.07) is 65.8. The van der Waals surface area contributed by atoms with Crippen LogP contribution < -0.4 is 4.90 Å². The molecule has 0 aliphatic heterocycles. The molecule has 1 nitrogen and oxygen atoms in total. The number of hydrogen-bond acceptors (Lipinski definition) is 2. The van der Waals surface area contributed by atoms with Gasteiger partial charge in [-0.05, 0) is 106 Å². The summed E-state index contributed by atoms with van der Waals surface area (Å²) in [6.45, 7) is 0. The molecular weight excluding hydrogens is 647 g/mol. The normalized spacial score (nSPS) is 12.2. The van der Waals surface area contributed by atoms with Crippen LogP contribution in [0.5, 0.6) is 0 Å². The highest BCUT2D eigenvalue weighted by Gasteiger charge is 2.21. The predicted molar refractivity (Wildman–Crippen MR) is 228 cm³/mol. The molecule has 0 saturated heterocycles. The molecule has 0 atom stereocenters. The maximum absolute atomic E-state index is 2.49. The van der Waals surface area contributed by atoms with Crippen molar-refractivity contribution in [2.75, 3.05) is 4.90 Å². The molecule has 0 unspecified atom stereocenters. The van der Waals surface area contributed by atoms with Gasteiger partial charge in [-0.3, -0.25) is 0 Å². The first-order valence-electron chi connectivity index (χ1n) is 17.9. The molecule has 0 aliphatic rings. The second-order valence-electron chi connectivity index (χ2n) is 14.0. The van der Waals surface area contributed by atoms with Crippen LogP contribution in [0.1, 0.15) is 0 Å². The van der Waals surface area contributed by atoms with E-state index in [-0.39, 0.29) is 0 Å². The Morgan fingerprint density at radius 1 is 0.288 bits per heavy atom. The first-order valence-corrected chi connectivity index (χ1v) is 18.7. The fourth-order valence-electron chi connectivity index (χ4n) is 9.08. The van der Waals surface area contributed by atoms with E-state index in [4.69, 9.17) is 0 Å². The van der Waals surface area contributed by atoms with Gasteiger partial charge in [0, 0.05) is 36.9 Å². The van der Waals surface area contributed by atoms with Crippen LogP contribution in [-0.2, 0) is 0 Å². The molecule has 1 aromatic heterocycles. The zero-order chi connectivity index (χ0) is 33.9. The maximum atomic E-state index is 2.49. The van der Waals surface area contributed by atoms with Crippen molar-refractivity contribution in [2.24, 2.45) is 0 Å². The van der Waals surface area contributed by atoms with Gasteiger partial charge >= 0.3 is 0 Å². The van der Waals surface area contributed by atoms with Gasteiger partial charge in [-0.2, -0.15) is 0 Å². The smallest absolute Gasteiger partial charge is 0.0540 e. The molecule has 240 valence electrons. The molecule has 0 saturated carbocycles. The SMILES string of the molecule is c1ccc2c(N(c3ccc4c(c3)sc3ccccc34)c3cc4ccc5cccc6c7cccc8ccc9cccc(c(c3)c4c56)c9c87)cccc2c1. The Labute approximate surface area is 303 Å². The quantitative estimate of drug-likeness (QED) is 0.169. The lowest BCUT2D eigenvalue weighted by atomic mass is 9.87. The lowest BCUT2D eigenvalue weighted by Gasteiger charge is -2.28. The average Bonchev–Trinajstić information content (AvgIpc) is 3.57. The molecular formula is C50H29NS. The Kier molecular flexibility index (Phi) is 5.71. The van der Waals surface area contributed by atoms with Gasteiger partial charge in [0.15, 0.2) is 0 Å². The van der Waals surface area contributed by atoms with E-state index in [1.54, 1.807) is 0 Å². The van der Waals surface area contributed by atoms with Gasteiger partial charge < -0.3 is 4.90 Å². The number of fused-ring (bicyclic) bond motifs is 6. The number of thiophene rings is 1. The predicted octanol–water partition coefficient (Wildman–Crippen LogP) is 15.0. The minimum atomic E-state index is 1.15. The van der Waals surface area contributed by atoms with Gasteiger partial charge in [0.1, 0.15) is 0 Å². The van der Waals surface area contributed by atoms with Crippen LogP contribution in [0.2, 0.25) is 0 Å². The molecule has 2 heteroatoms. The van der Waals surface area contributed by atoms with E-state index in [2.05, 4.69) is 181 Å². The van der Waals surface area contributed by atoms with E-state index >= 15 is 0 Å². The van der Waals surface area contributed by atoms with Gasteiger partial charge in [-0.15, -0.1) is 11.3 Å². The monoisotopic (exact) mass is 675 g/mol. The molecule has 0 fully saturated rings. The summed E-state index contributed by atoms with van der Waals surface area (Å²) in [4.78, 5) is 2.49. The minimum absolute atomic E-state index is 1.15. The molecule has 0 aliphatic carbocycles. The highest BCUT2D eigenvalue weighted by Crippen LogP contribution is 2.48. The van der Waals surface area contributed by atoms with Crippen LogP contribution in [0.25, 0.3) is 95.6 Å². The van der Waals surface area contributed by atoms with Gasteiger partial charge in [-0.25, -0.2) is 0 Å². The first kappa shape index (κ1) is 28.2. The summed E-state index contributed by atoms with van der Waals surface area (Å²) in [6.07, 6.45) is 0. The molecule has 0 N–H and O–H groups in total. The van der Waals surface area contributed by atoms with E-state index in [0.29, 0.717) is 0 Å². The highest BCUT2D eigenvalue weighted by atomic mass is 32.1. The van der Waals surface area contributed by atoms with Gasteiger partial charge in [0.05, 0.1) is 5.69 Å². The number of nitrogens with zero attached hydrogens (tertiary/aromatic N) is 1. The van der Waals surface area contributed by atoms with E-state index in [1.807, 2.05) is 11.3 Å².